The molecular weight excluding hydrogens is 300 g/mol. The second kappa shape index (κ2) is 7.75. The molecule has 4 heteroatoms. The molecule has 0 spiro atoms. The molecule has 1 aromatic carbocycles. The Morgan fingerprint density at radius 3 is 2.42 bits per heavy atom. The molecule has 2 heterocycles. The maximum absolute atomic E-state index is 6.14. The van der Waals surface area contributed by atoms with E-state index < -0.39 is 0 Å². The predicted molar refractivity (Wildman–Crippen MR) is 98.7 cm³/mol. The van der Waals surface area contributed by atoms with Gasteiger partial charge in [0, 0.05) is 19.3 Å². The van der Waals surface area contributed by atoms with Gasteiger partial charge in [-0.1, -0.05) is 0 Å². The van der Waals surface area contributed by atoms with Crippen molar-refractivity contribution in [1.29, 1.82) is 0 Å². The minimum absolute atomic E-state index is 0.151. The fourth-order valence-electron chi connectivity index (χ4n) is 4.15. The summed E-state index contributed by atoms with van der Waals surface area (Å²) in [6, 6.07) is 5.00. The van der Waals surface area contributed by atoms with Crippen LogP contribution in [0.2, 0.25) is 0 Å². The number of nitrogens with zero attached hydrogens (tertiary/aromatic N) is 1. The summed E-state index contributed by atoms with van der Waals surface area (Å²) >= 11 is 0. The van der Waals surface area contributed by atoms with Gasteiger partial charge in [-0.25, -0.2) is 0 Å². The van der Waals surface area contributed by atoms with Gasteiger partial charge in [0.1, 0.15) is 5.75 Å². The van der Waals surface area contributed by atoms with Crippen LogP contribution in [0.4, 0.5) is 5.69 Å². The number of hydrogen-bond donors (Lipinski definition) is 1. The van der Waals surface area contributed by atoms with Crippen molar-refractivity contribution in [2.45, 2.75) is 64.5 Å². The zero-order chi connectivity index (χ0) is 17.1. The van der Waals surface area contributed by atoms with E-state index in [1.807, 2.05) is 13.8 Å². The molecule has 2 aliphatic rings. The minimum Gasteiger partial charge on any atom is -0.489 e. The van der Waals surface area contributed by atoms with Crippen LogP contribution in [0.1, 0.15) is 56.6 Å². The maximum Gasteiger partial charge on any atom is 0.142 e. The van der Waals surface area contributed by atoms with E-state index in [-0.39, 0.29) is 6.10 Å². The van der Waals surface area contributed by atoms with Gasteiger partial charge < -0.3 is 20.1 Å². The zero-order valence-corrected chi connectivity index (χ0v) is 15.4. The van der Waals surface area contributed by atoms with Crippen molar-refractivity contribution in [3.8, 4) is 5.75 Å². The Kier molecular flexibility index (Phi) is 5.67. The predicted octanol–water partition coefficient (Wildman–Crippen LogP) is 3.72. The second-order valence-corrected chi connectivity index (χ2v) is 7.57. The number of anilines is 1. The molecule has 0 aromatic heterocycles. The first-order valence-electron chi connectivity index (χ1n) is 9.43. The van der Waals surface area contributed by atoms with Crippen LogP contribution in [0, 0.1) is 6.92 Å². The van der Waals surface area contributed by atoms with E-state index >= 15 is 0 Å². The largest absolute Gasteiger partial charge is 0.489 e. The third kappa shape index (κ3) is 4.04. The first kappa shape index (κ1) is 17.6. The average Bonchev–Trinajstić information content (AvgIpc) is 2.58. The number of rotatable bonds is 4. The van der Waals surface area contributed by atoms with Gasteiger partial charge in [0.2, 0.25) is 0 Å². The van der Waals surface area contributed by atoms with Crippen molar-refractivity contribution >= 4 is 5.69 Å². The van der Waals surface area contributed by atoms with Crippen LogP contribution >= 0.6 is 0 Å². The molecule has 0 aliphatic carbocycles. The molecule has 0 bridgehead atoms. The van der Waals surface area contributed by atoms with Crippen LogP contribution in [0.25, 0.3) is 0 Å². The van der Waals surface area contributed by atoms with Crippen molar-refractivity contribution in [3.05, 3.63) is 23.3 Å². The van der Waals surface area contributed by atoms with Gasteiger partial charge in [-0.05, 0) is 88.7 Å². The van der Waals surface area contributed by atoms with Gasteiger partial charge in [0.15, 0.2) is 0 Å². The van der Waals surface area contributed by atoms with Crippen molar-refractivity contribution in [3.63, 3.8) is 0 Å². The Labute approximate surface area is 146 Å². The number of nitrogen functional groups attached to an aromatic ring is 1. The molecule has 0 radical (unpaired) electrons. The lowest BCUT2D eigenvalue weighted by Crippen LogP contribution is -2.43. The lowest BCUT2D eigenvalue weighted by atomic mass is 9.85. The van der Waals surface area contributed by atoms with E-state index in [1.54, 1.807) is 0 Å². The zero-order valence-electron chi connectivity index (χ0n) is 15.4. The summed E-state index contributed by atoms with van der Waals surface area (Å²) in [6.07, 6.45) is 4.99. The highest BCUT2D eigenvalue weighted by Gasteiger charge is 2.28. The SMILES string of the molecule is Cc1cc(N)c(OC(C)C)cc1C1CCN(C2CCOCC2)CC1. The summed E-state index contributed by atoms with van der Waals surface area (Å²) in [4.78, 5) is 2.68. The van der Waals surface area contributed by atoms with Gasteiger partial charge in [0.05, 0.1) is 11.8 Å². The molecule has 3 rings (SSSR count). The van der Waals surface area contributed by atoms with E-state index in [0.717, 1.165) is 30.7 Å². The monoisotopic (exact) mass is 332 g/mol. The summed E-state index contributed by atoms with van der Waals surface area (Å²) < 4.78 is 11.4. The Bertz CT molecular complexity index is 545. The summed E-state index contributed by atoms with van der Waals surface area (Å²) in [6.45, 7) is 10.5. The number of piperidine rings is 1. The number of aryl methyl sites for hydroxylation is 1. The summed E-state index contributed by atoms with van der Waals surface area (Å²) in [5.74, 6) is 1.47. The summed E-state index contributed by atoms with van der Waals surface area (Å²) in [7, 11) is 0. The van der Waals surface area contributed by atoms with Crippen LogP contribution in [0.3, 0.4) is 0 Å². The molecule has 0 unspecified atom stereocenters. The fraction of sp³-hybridized carbons (Fsp3) is 0.700. The van der Waals surface area contributed by atoms with Gasteiger partial charge >= 0.3 is 0 Å². The quantitative estimate of drug-likeness (QED) is 0.854. The molecule has 0 saturated carbocycles. The van der Waals surface area contributed by atoms with E-state index in [0.29, 0.717) is 5.92 Å². The van der Waals surface area contributed by atoms with Crippen molar-refractivity contribution in [1.82, 2.24) is 4.90 Å². The van der Waals surface area contributed by atoms with Crippen molar-refractivity contribution in [2.75, 3.05) is 32.0 Å². The normalized spacial score (nSPS) is 21.3. The molecule has 2 fully saturated rings. The molecule has 134 valence electrons. The molecular formula is C20H32N2O2. The molecule has 4 nitrogen and oxygen atoms in total. The number of likely N-dealkylation sites (tertiary alicyclic amines) is 1. The van der Waals surface area contributed by atoms with Crippen LogP contribution in [0.15, 0.2) is 12.1 Å². The third-order valence-electron chi connectivity index (χ3n) is 5.44. The topological polar surface area (TPSA) is 47.7 Å². The first-order chi connectivity index (χ1) is 11.5. The third-order valence-corrected chi connectivity index (χ3v) is 5.44. The molecule has 0 amide bonds. The second-order valence-electron chi connectivity index (χ2n) is 7.57. The minimum atomic E-state index is 0.151. The number of hydrogen-bond acceptors (Lipinski definition) is 4. The number of ether oxygens (including phenoxy) is 2. The van der Waals surface area contributed by atoms with Gasteiger partial charge in [-0.3, -0.25) is 0 Å². The lowest BCUT2D eigenvalue weighted by Gasteiger charge is -2.39. The highest BCUT2D eigenvalue weighted by molar-refractivity contribution is 5.57. The van der Waals surface area contributed by atoms with Crippen LogP contribution in [-0.4, -0.2) is 43.3 Å². The Balaban J connectivity index is 1.67. The summed E-state index contributed by atoms with van der Waals surface area (Å²) in [5.41, 5.74) is 9.62. The van der Waals surface area contributed by atoms with Crippen LogP contribution in [-0.2, 0) is 4.74 Å². The van der Waals surface area contributed by atoms with Crippen LogP contribution in [0.5, 0.6) is 5.75 Å². The molecule has 2 aliphatic heterocycles. The van der Waals surface area contributed by atoms with E-state index in [9.17, 15) is 0 Å². The highest BCUT2D eigenvalue weighted by atomic mass is 16.5. The van der Waals surface area contributed by atoms with Gasteiger partial charge in [-0.15, -0.1) is 0 Å². The Morgan fingerprint density at radius 2 is 1.79 bits per heavy atom. The first-order valence-corrected chi connectivity index (χ1v) is 9.43. The molecule has 2 saturated heterocycles. The number of benzene rings is 1. The molecule has 24 heavy (non-hydrogen) atoms. The number of nitrogens with two attached hydrogens (primary N) is 1. The highest BCUT2D eigenvalue weighted by Crippen LogP contribution is 2.36. The van der Waals surface area contributed by atoms with Gasteiger partial charge in [-0.2, -0.15) is 0 Å². The Hall–Kier alpha value is -1.26. The lowest BCUT2D eigenvalue weighted by molar-refractivity contribution is 0.0251. The van der Waals surface area contributed by atoms with E-state index in [2.05, 4.69) is 24.0 Å². The van der Waals surface area contributed by atoms with E-state index in [4.69, 9.17) is 15.2 Å². The fourth-order valence-corrected chi connectivity index (χ4v) is 4.15. The molecule has 2 N–H and O–H groups in total. The van der Waals surface area contributed by atoms with Gasteiger partial charge in [0.25, 0.3) is 0 Å². The molecule has 1 aromatic rings. The van der Waals surface area contributed by atoms with Crippen molar-refractivity contribution in [2.24, 2.45) is 0 Å². The standard InChI is InChI=1S/C20H32N2O2/c1-14(2)24-20-13-18(15(3)12-19(20)21)16-4-8-22(9-5-16)17-6-10-23-11-7-17/h12-14,16-17H,4-11,21H2,1-3H3. The van der Waals surface area contributed by atoms with Crippen LogP contribution < -0.4 is 10.5 Å². The van der Waals surface area contributed by atoms with Crippen molar-refractivity contribution < 1.29 is 9.47 Å². The van der Waals surface area contributed by atoms with E-state index in [1.165, 1.54) is 49.9 Å². The smallest absolute Gasteiger partial charge is 0.142 e. The molecule has 0 atom stereocenters. The summed E-state index contributed by atoms with van der Waals surface area (Å²) in [5, 5.41) is 0. The Morgan fingerprint density at radius 1 is 1.12 bits per heavy atom. The maximum atomic E-state index is 6.14. The average molecular weight is 332 g/mol.